The molecule has 13 heavy (non-hydrogen) atoms. The van der Waals surface area contributed by atoms with E-state index in [-0.39, 0.29) is 6.61 Å². The van der Waals surface area contributed by atoms with Crippen LogP contribution in [0.1, 0.15) is 23.6 Å². The molecule has 0 aromatic heterocycles. The van der Waals surface area contributed by atoms with Gasteiger partial charge in [0.25, 0.3) is 0 Å². The first kappa shape index (κ1) is 10.2. The molecule has 1 aromatic carbocycles. The zero-order valence-electron chi connectivity index (χ0n) is 8.30. The Labute approximate surface area is 79.6 Å². The molecule has 2 nitrogen and oxygen atoms in total. The second-order valence-corrected chi connectivity index (χ2v) is 3.21. The highest BCUT2D eigenvalue weighted by atomic mass is 16.3. The van der Waals surface area contributed by atoms with Crippen molar-refractivity contribution in [1.29, 1.82) is 0 Å². The molecule has 0 spiro atoms. The van der Waals surface area contributed by atoms with Crippen LogP contribution in [0.15, 0.2) is 18.2 Å². The van der Waals surface area contributed by atoms with Gasteiger partial charge in [0.15, 0.2) is 0 Å². The number of hydrogen-bond acceptors (Lipinski definition) is 2. The Balaban J connectivity index is 2.79. The number of hydrogen-bond donors (Lipinski definition) is 2. The van der Waals surface area contributed by atoms with E-state index in [0.717, 1.165) is 18.7 Å². The summed E-state index contributed by atoms with van der Waals surface area (Å²) < 4.78 is 0. The molecule has 0 bridgehead atoms. The normalized spacial score (nSPS) is 10.4. The number of aliphatic hydroxyl groups excluding tert-OH is 1. The molecule has 0 amide bonds. The smallest absolute Gasteiger partial charge is 0.0685 e. The molecular weight excluding hydrogens is 162 g/mol. The maximum absolute atomic E-state index is 9.11. The molecule has 0 unspecified atom stereocenters. The van der Waals surface area contributed by atoms with Crippen molar-refractivity contribution >= 4 is 0 Å². The summed E-state index contributed by atoms with van der Waals surface area (Å²) in [6.07, 6.45) is 0. The van der Waals surface area contributed by atoms with Crippen molar-refractivity contribution in [2.24, 2.45) is 0 Å². The summed E-state index contributed by atoms with van der Waals surface area (Å²) in [6, 6.07) is 6.18. The molecule has 0 fully saturated rings. The van der Waals surface area contributed by atoms with Crippen molar-refractivity contribution in [2.45, 2.75) is 27.0 Å². The molecule has 2 N–H and O–H groups in total. The number of nitrogens with one attached hydrogen (secondary N) is 1. The maximum Gasteiger partial charge on any atom is 0.0685 e. The Kier molecular flexibility index (Phi) is 3.93. The Bertz CT molecular complexity index is 271. The zero-order chi connectivity index (χ0) is 9.68. The highest BCUT2D eigenvalue weighted by Crippen LogP contribution is 2.11. The number of benzene rings is 1. The van der Waals surface area contributed by atoms with Crippen molar-refractivity contribution < 1.29 is 5.11 Å². The van der Waals surface area contributed by atoms with Crippen LogP contribution in [-0.2, 0) is 13.2 Å². The van der Waals surface area contributed by atoms with Gasteiger partial charge in [0.1, 0.15) is 0 Å². The van der Waals surface area contributed by atoms with Gasteiger partial charge in [-0.1, -0.05) is 30.7 Å². The lowest BCUT2D eigenvalue weighted by molar-refractivity contribution is 0.280. The number of aryl methyl sites for hydroxylation is 1. The molecule has 0 saturated heterocycles. The van der Waals surface area contributed by atoms with Gasteiger partial charge in [0, 0.05) is 6.54 Å². The van der Waals surface area contributed by atoms with Crippen LogP contribution in [0.4, 0.5) is 0 Å². The van der Waals surface area contributed by atoms with Crippen molar-refractivity contribution in [3.05, 3.63) is 34.9 Å². The van der Waals surface area contributed by atoms with E-state index in [4.69, 9.17) is 5.11 Å². The van der Waals surface area contributed by atoms with Crippen LogP contribution in [0.2, 0.25) is 0 Å². The lowest BCUT2D eigenvalue weighted by Crippen LogP contribution is -2.13. The second-order valence-electron chi connectivity index (χ2n) is 3.21. The van der Waals surface area contributed by atoms with Gasteiger partial charge in [-0.25, -0.2) is 0 Å². The largest absolute Gasteiger partial charge is 0.392 e. The maximum atomic E-state index is 9.11. The Morgan fingerprint density at radius 1 is 1.31 bits per heavy atom. The topological polar surface area (TPSA) is 32.3 Å². The van der Waals surface area contributed by atoms with Crippen LogP contribution in [0.25, 0.3) is 0 Å². The van der Waals surface area contributed by atoms with E-state index in [9.17, 15) is 0 Å². The third-order valence-electron chi connectivity index (χ3n) is 2.10. The zero-order valence-corrected chi connectivity index (χ0v) is 8.30. The van der Waals surface area contributed by atoms with Crippen molar-refractivity contribution in [1.82, 2.24) is 5.32 Å². The van der Waals surface area contributed by atoms with E-state index >= 15 is 0 Å². The molecule has 2 heteroatoms. The second kappa shape index (κ2) is 5.00. The minimum absolute atomic E-state index is 0.127. The first-order valence-electron chi connectivity index (χ1n) is 4.68. The minimum atomic E-state index is 0.127. The van der Waals surface area contributed by atoms with Gasteiger partial charge in [0.05, 0.1) is 6.61 Å². The Morgan fingerprint density at radius 2 is 2.08 bits per heavy atom. The van der Waals surface area contributed by atoms with Gasteiger partial charge < -0.3 is 10.4 Å². The lowest BCUT2D eigenvalue weighted by atomic mass is 10.1. The highest BCUT2D eigenvalue weighted by Gasteiger charge is 2.00. The van der Waals surface area contributed by atoms with Gasteiger partial charge in [0.2, 0.25) is 0 Å². The summed E-state index contributed by atoms with van der Waals surface area (Å²) in [4.78, 5) is 0. The fourth-order valence-corrected chi connectivity index (χ4v) is 1.33. The van der Waals surface area contributed by atoms with Gasteiger partial charge in [-0.3, -0.25) is 0 Å². The predicted octanol–water partition coefficient (Wildman–Crippen LogP) is 1.60. The molecule has 0 aliphatic rings. The fourth-order valence-electron chi connectivity index (χ4n) is 1.33. The van der Waals surface area contributed by atoms with E-state index in [1.54, 1.807) is 0 Å². The summed E-state index contributed by atoms with van der Waals surface area (Å²) in [5, 5.41) is 12.4. The number of rotatable bonds is 4. The van der Waals surface area contributed by atoms with Gasteiger partial charge >= 0.3 is 0 Å². The van der Waals surface area contributed by atoms with Crippen LogP contribution in [0, 0.1) is 6.92 Å². The Hall–Kier alpha value is -0.860. The van der Waals surface area contributed by atoms with E-state index in [2.05, 4.69) is 24.4 Å². The van der Waals surface area contributed by atoms with E-state index < -0.39 is 0 Å². The quantitative estimate of drug-likeness (QED) is 0.735. The summed E-state index contributed by atoms with van der Waals surface area (Å²) >= 11 is 0. The SMILES string of the molecule is CCNCc1ccc(C)cc1CO. The average molecular weight is 179 g/mol. The van der Waals surface area contributed by atoms with E-state index in [0.29, 0.717) is 0 Å². The van der Waals surface area contributed by atoms with Crippen molar-refractivity contribution in [2.75, 3.05) is 6.54 Å². The molecular formula is C11H17NO. The standard InChI is InChI=1S/C11H17NO/c1-3-12-7-10-5-4-9(2)6-11(10)8-13/h4-6,12-13H,3,7-8H2,1-2H3. The summed E-state index contributed by atoms with van der Waals surface area (Å²) in [6.45, 7) is 6.04. The highest BCUT2D eigenvalue weighted by molar-refractivity contribution is 5.30. The molecule has 0 aliphatic carbocycles. The van der Waals surface area contributed by atoms with Gasteiger partial charge in [-0.15, -0.1) is 0 Å². The monoisotopic (exact) mass is 179 g/mol. The first-order valence-corrected chi connectivity index (χ1v) is 4.68. The molecule has 72 valence electrons. The molecule has 0 aliphatic heterocycles. The fraction of sp³-hybridized carbons (Fsp3) is 0.455. The predicted molar refractivity (Wildman–Crippen MR) is 54.5 cm³/mol. The summed E-state index contributed by atoms with van der Waals surface area (Å²) in [5.74, 6) is 0. The molecule has 0 radical (unpaired) electrons. The van der Waals surface area contributed by atoms with Crippen LogP contribution in [0.3, 0.4) is 0 Å². The Morgan fingerprint density at radius 3 is 2.69 bits per heavy atom. The van der Waals surface area contributed by atoms with Crippen molar-refractivity contribution in [3.8, 4) is 0 Å². The summed E-state index contributed by atoms with van der Waals surface area (Å²) in [7, 11) is 0. The molecule has 1 aromatic rings. The molecule has 0 atom stereocenters. The van der Waals surface area contributed by atoms with E-state index in [1.807, 2.05) is 13.0 Å². The molecule has 1 rings (SSSR count). The van der Waals surface area contributed by atoms with E-state index in [1.165, 1.54) is 11.1 Å². The van der Waals surface area contributed by atoms with Crippen molar-refractivity contribution in [3.63, 3.8) is 0 Å². The third kappa shape index (κ3) is 2.83. The summed E-state index contributed by atoms with van der Waals surface area (Å²) in [5.41, 5.74) is 3.42. The molecule has 0 heterocycles. The van der Waals surface area contributed by atoms with Gasteiger partial charge in [-0.05, 0) is 24.6 Å². The van der Waals surface area contributed by atoms with Crippen LogP contribution < -0.4 is 5.32 Å². The van der Waals surface area contributed by atoms with Gasteiger partial charge in [-0.2, -0.15) is 0 Å². The average Bonchev–Trinajstić information content (AvgIpc) is 2.16. The lowest BCUT2D eigenvalue weighted by Gasteiger charge is -2.08. The minimum Gasteiger partial charge on any atom is -0.392 e. The first-order chi connectivity index (χ1) is 6.27. The van der Waals surface area contributed by atoms with Crippen LogP contribution in [0.5, 0.6) is 0 Å². The van der Waals surface area contributed by atoms with Crippen LogP contribution >= 0.6 is 0 Å². The van der Waals surface area contributed by atoms with Crippen LogP contribution in [-0.4, -0.2) is 11.7 Å². The molecule has 0 saturated carbocycles. The number of aliphatic hydroxyl groups is 1. The third-order valence-corrected chi connectivity index (χ3v) is 2.10.